The van der Waals surface area contributed by atoms with Crippen LogP contribution in [-0.4, -0.2) is 19.5 Å². The molecule has 1 aliphatic rings. The van der Waals surface area contributed by atoms with Crippen LogP contribution >= 0.6 is 0 Å². The average molecular weight is 695 g/mol. The molecule has 0 radical (unpaired) electrons. The van der Waals surface area contributed by atoms with Gasteiger partial charge in [-0.1, -0.05) is 123 Å². The van der Waals surface area contributed by atoms with Gasteiger partial charge < -0.3 is 8.83 Å². The Hall–Kier alpha value is -7.05. The van der Waals surface area contributed by atoms with Crippen LogP contribution < -0.4 is 0 Å². The third kappa shape index (κ3) is 3.91. The average Bonchev–Trinajstić information content (AvgIpc) is 3.94. The molecular weight excluding hydrogens is 665 g/mol. The van der Waals surface area contributed by atoms with Crippen LogP contribution in [0.5, 0.6) is 0 Å². The lowest BCUT2D eigenvalue weighted by atomic mass is 9.80. The Bertz CT molecular complexity index is 3380. The molecule has 0 spiro atoms. The summed E-state index contributed by atoms with van der Waals surface area (Å²) in [5.74, 6) is 1.69. The summed E-state index contributed by atoms with van der Waals surface area (Å²) in [4.78, 5) is 16.0. The van der Waals surface area contributed by atoms with Gasteiger partial charge in [-0.05, 0) is 58.7 Å². The molecule has 7 aromatic carbocycles. The SMILES string of the molecule is CC1(C)c2ccccc2-c2cccc(-c3nc(-c4ccc5c(c4)oc4ccccc45)nc(-n4c5ccccc5c5ccc6c7ccccc7oc6c54)n3)c21. The molecule has 0 aliphatic heterocycles. The number of hydrogen-bond acceptors (Lipinski definition) is 5. The number of fused-ring (bicyclic) bond motifs is 13. The van der Waals surface area contributed by atoms with Crippen molar-refractivity contribution >= 4 is 65.7 Å². The van der Waals surface area contributed by atoms with Crippen LogP contribution in [0.1, 0.15) is 25.0 Å². The first kappa shape index (κ1) is 29.5. The summed E-state index contributed by atoms with van der Waals surface area (Å²) in [6.07, 6.45) is 0. The Morgan fingerprint density at radius 3 is 1.98 bits per heavy atom. The highest BCUT2D eigenvalue weighted by atomic mass is 16.3. The van der Waals surface area contributed by atoms with Crippen molar-refractivity contribution in [3.05, 3.63) is 157 Å². The molecule has 0 N–H and O–H groups in total. The van der Waals surface area contributed by atoms with Crippen LogP contribution in [0.4, 0.5) is 0 Å². The molecule has 11 aromatic rings. The van der Waals surface area contributed by atoms with Gasteiger partial charge in [-0.15, -0.1) is 0 Å². The quantitative estimate of drug-likeness (QED) is 0.184. The Kier molecular flexibility index (Phi) is 5.75. The maximum atomic E-state index is 6.68. The van der Waals surface area contributed by atoms with E-state index in [0.717, 1.165) is 76.8 Å². The van der Waals surface area contributed by atoms with E-state index in [2.05, 4.69) is 134 Å². The molecule has 0 saturated heterocycles. The fourth-order valence-electron chi connectivity index (χ4n) is 9.05. The zero-order valence-corrected chi connectivity index (χ0v) is 29.5. The van der Waals surface area contributed by atoms with Gasteiger partial charge in [-0.2, -0.15) is 9.97 Å². The van der Waals surface area contributed by atoms with E-state index >= 15 is 0 Å². The van der Waals surface area contributed by atoms with Crippen LogP contribution in [0.25, 0.3) is 106 Å². The van der Waals surface area contributed by atoms with Gasteiger partial charge in [0.1, 0.15) is 22.3 Å². The normalized spacial score (nSPS) is 13.5. The molecule has 0 unspecified atom stereocenters. The van der Waals surface area contributed by atoms with E-state index in [1.807, 2.05) is 30.3 Å². The third-order valence-electron chi connectivity index (χ3n) is 11.5. The third-order valence-corrected chi connectivity index (χ3v) is 11.5. The predicted molar refractivity (Wildman–Crippen MR) is 217 cm³/mol. The van der Waals surface area contributed by atoms with Crippen LogP contribution in [0, 0.1) is 0 Å². The maximum absolute atomic E-state index is 6.68. The topological polar surface area (TPSA) is 69.9 Å². The predicted octanol–water partition coefficient (Wildman–Crippen LogP) is 12.4. The monoisotopic (exact) mass is 694 g/mol. The molecule has 0 saturated carbocycles. The minimum Gasteiger partial charge on any atom is -0.456 e. The molecule has 12 rings (SSSR count). The lowest BCUT2D eigenvalue weighted by Crippen LogP contribution is -2.17. The van der Waals surface area contributed by atoms with E-state index < -0.39 is 0 Å². The second-order valence-corrected chi connectivity index (χ2v) is 14.8. The van der Waals surface area contributed by atoms with E-state index in [0.29, 0.717) is 17.6 Å². The minimum atomic E-state index is -0.268. The van der Waals surface area contributed by atoms with Crippen molar-refractivity contribution in [3.63, 3.8) is 0 Å². The van der Waals surface area contributed by atoms with Crippen molar-refractivity contribution < 1.29 is 8.83 Å². The molecule has 4 heterocycles. The highest BCUT2D eigenvalue weighted by Crippen LogP contribution is 2.52. The van der Waals surface area contributed by atoms with Gasteiger partial charge in [0.15, 0.2) is 17.2 Å². The Morgan fingerprint density at radius 2 is 1.11 bits per heavy atom. The van der Waals surface area contributed by atoms with Crippen LogP contribution in [0.3, 0.4) is 0 Å². The number of furan rings is 2. The number of para-hydroxylation sites is 3. The second-order valence-electron chi connectivity index (χ2n) is 14.8. The van der Waals surface area contributed by atoms with Gasteiger partial charge in [0, 0.05) is 48.9 Å². The minimum absolute atomic E-state index is 0.268. The molecule has 254 valence electrons. The number of nitrogens with zero attached hydrogens (tertiary/aromatic N) is 4. The summed E-state index contributed by atoms with van der Waals surface area (Å²) in [6, 6.07) is 50.6. The molecule has 0 atom stereocenters. The zero-order chi connectivity index (χ0) is 35.7. The van der Waals surface area contributed by atoms with Crippen molar-refractivity contribution in [2.75, 3.05) is 0 Å². The summed E-state index contributed by atoms with van der Waals surface area (Å²) in [5, 5.41) is 6.42. The van der Waals surface area contributed by atoms with Gasteiger partial charge in [-0.3, -0.25) is 4.57 Å². The van der Waals surface area contributed by atoms with E-state index in [4.69, 9.17) is 23.8 Å². The van der Waals surface area contributed by atoms with Gasteiger partial charge in [0.2, 0.25) is 5.95 Å². The van der Waals surface area contributed by atoms with Crippen LogP contribution in [0.15, 0.2) is 154 Å². The van der Waals surface area contributed by atoms with Crippen LogP contribution in [0.2, 0.25) is 0 Å². The molecule has 54 heavy (non-hydrogen) atoms. The number of hydrogen-bond donors (Lipinski definition) is 0. The van der Waals surface area contributed by atoms with Crippen LogP contribution in [-0.2, 0) is 5.41 Å². The molecule has 0 amide bonds. The summed E-state index contributed by atoms with van der Waals surface area (Å²) in [5.41, 5.74) is 11.7. The molecule has 0 fully saturated rings. The molecule has 4 aromatic heterocycles. The molecule has 6 nitrogen and oxygen atoms in total. The number of benzene rings is 7. The van der Waals surface area contributed by atoms with Crippen molar-refractivity contribution in [3.8, 4) is 39.9 Å². The first-order valence-corrected chi connectivity index (χ1v) is 18.3. The molecule has 1 aliphatic carbocycles. The van der Waals surface area contributed by atoms with Crippen molar-refractivity contribution in [1.29, 1.82) is 0 Å². The maximum Gasteiger partial charge on any atom is 0.238 e. The van der Waals surface area contributed by atoms with Gasteiger partial charge in [-0.25, -0.2) is 4.98 Å². The number of aromatic nitrogens is 4. The second kappa shape index (κ2) is 10.5. The van der Waals surface area contributed by atoms with Crippen molar-refractivity contribution in [2.45, 2.75) is 19.3 Å². The first-order valence-electron chi connectivity index (χ1n) is 18.3. The fourth-order valence-corrected chi connectivity index (χ4v) is 9.05. The molecule has 0 bridgehead atoms. The van der Waals surface area contributed by atoms with Crippen molar-refractivity contribution in [1.82, 2.24) is 19.5 Å². The summed E-state index contributed by atoms with van der Waals surface area (Å²) in [7, 11) is 0. The summed E-state index contributed by atoms with van der Waals surface area (Å²) < 4.78 is 15.2. The Morgan fingerprint density at radius 1 is 0.481 bits per heavy atom. The highest BCUT2D eigenvalue weighted by Gasteiger charge is 2.38. The summed E-state index contributed by atoms with van der Waals surface area (Å²) in [6.45, 7) is 4.59. The fraction of sp³-hybridized carbons (Fsp3) is 0.0625. The lowest BCUT2D eigenvalue weighted by Gasteiger charge is -2.24. The van der Waals surface area contributed by atoms with E-state index in [1.165, 1.54) is 22.3 Å². The van der Waals surface area contributed by atoms with E-state index in [9.17, 15) is 0 Å². The molecule has 6 heteroatoms. The largest absolute Gasteiger partial charge is 0.456 e. The van der Waals surface area contributed by atoms with Gasteiger partial charge >= 0.3 is 0 Å². The van der Waals surface area contributed by atoms with Gasteiger partial charge in [0.25, 0.3) is 0 Å². The van der Waals surface area contributed by atoms with E-state index in [-0.39, 0.29) is 5.41 Å². The van der Waals surface area contributed by atoms with Crippen molar-refractivity contribution in [2.24, 2.45) is 0 Å². The standard InChI is InChI=1S/C48H30N4O2/c1-48(2)37-18-7-3-12-28(37)33-16-11-17-36(42(33)48)46-49-45(27-22-23-32-30-14-5-9-20-39(30)53-41(32)26-27)50-47(51-46)52-38-19-8-4-13-29(38)34-24-25-35-31-15-6-10-21-40(31)54-44(35)43(34)52/h3-26H,1-2H3. The van der Waals surface area contributed by atoms with E-state index in [1.54, 1.807) is 0 Å². The Balaban J connectivity index is 1.19. The lowest BCUT2D eigenvalue weighted by molar-refractivity contribution is 0.661. The zero-order valence-electron chi connectivity index (χ0n) is 29.5. The Labute approximate surface area is 309 Å². The molecular formula is C48H30N4O2. The first-order chi connectivity index (χ1) is 26.5. The summed E-state index contributed by atoms with van der Waals surface area (Å²) >= 11 is 0. The van der Waals surface area contributed by atoms with Gasteiger partial charge in [0.05, 0.1) is 5.52 Å². The highest BCUT2D eigenvalue weighted by molar-refractivity contribution is 6.21. The smallest absolute Gasteiger partial charge is 0.238 e. The number of rotatable bonds is 3.